The second-order valence-electron chi connectivity index (χ2n) is 2.15. The summed E-state index contributed by atoms with van der Waals surface area (Å²) in [5, 5.41) is 0. The molecule has 1 N–H and O–H groups in total. The molecule has 0 bridgehead atoms. The van der Waals surface area contributed by atoms with Crippen molar-refractivity contribution in [2.24, 2.45) is 0 Å². The minimum absolute atomic E-state index is 0.351. The molecule has 0 atom stereocenters. The van der Waals surface area contributed by atoms with Gasteiger partial charge in [-0.2, -0.15) is 0 Å². The van der Waals surface area contributed by atoms with Crippen molar-refractivity contribution in [1.82, 2.24) is 4.72 Å². The monoisotopic (exact) mass is 395 g/mol. The van der Waals surface area contributed by atoms with Crippen LogP contribution in [0.15, 0.2) is 20.1 Å². The van der Waals surface area contributed by atoms with E-state index in [1.165, 1.54) is 11.3 Å². The van der Waals surface area contributed by atoms with Crippen molar-refractivity contribution < 1.29 is 8.42 Å². The van der Waals surface area contributed by atoms with Crippen molar-refractivity contribution >= 4 is 59.9 Å². The van der Waals surface area contributed by atoms with E-state index in [1.807, 2.05) is 0 Å². The Morgan fingerprint density at radius 1 is 1.54 bits per heavy atom. The number of hydrogen-bond donors (Lipinski definition) is 1. The Hall–Kier alpha value is 0.820. The molecule has 0 aliphatic rings. The first-order chi connectivity index (χ1) is 6.06. The Labute approximate surface area is 103 Å². The van der Waals surface area contributed by atoms with Gasteiger partial charge in [-0.3, -0.25) is 0 Å². The molecule has 0 aliphatic carbocycles. The summed E-state index contributed by atoms with van der Waals surface area (Å²) in [7, 11) is -3.27. The van der Waals surface area contributed by atoms with E-state index in [2.05, 4.69) is 43.2 Å². The lowest BCUT2D eigenvalue weighted by atomic mass is 10.7. The maximum atomic E-state index is 11.5. The molecule has 0 saturated carbocycles. The van der Waals surface area contributed by atoms with Crippen LogP contribution < -0.4 is 4.72 Å². The van der Waals surface area contributed by atoms with Gasteiger partial charge in [0.05, 0.1) is 3.79 Å². The number of thiophene rings is 1. The Morgan fingerprint density at radius 3 is 2.69 bits per heavy atom. The summed E-state index contributed by atoms with van der Waals surface area (Å²) < 4.78 is 27.4. The molecule has 0 radical (unpaired) electrons. The number of alkyl halides is 1. The second-order valence-corrected chi connectivity index (χ2v) is 7.68. The van der Waals surface area contributed by atoms with Crippen LogP contribution in [0.4, 0.5) is 0 Å². The molecular weight excluding hydrogens is 389 g/mol. The third kappa shape index (κ3) is 3.46. The highest BCUT2D eigenvalue weighted by molar-refractivity contribution is 14.1. The van der Waals surface area contributed by atoms with E-state index in [4.69, 9.17) is 0 Å². The van der Waals surface area contributed by atoms with Crippen LogP contribution in [0.1, 0.15) is 0 Å². The second kappa shape index (κ2) is 5.06. The first-order valence-corrected chi connectivity index (χ1v) is 7.99. The van der Waals surface area contributed by atoms with Gasteiger partial charge in [-0.1, -0.05) is 22.6 Å². The van der Waals surface area contributed by atoms with E-state index >= 15 is 0 Å². The predicted octanol–water partition coefficient (Wildman–Crippen LogP) is 2.22. The van der Waals surface area contributed by atoms with E-state index in [0.29, 0.717) is 10.8 Å². The van der Waals surface area contributed by atoms with E-state index in [-0.39, 0.29) is 0 Å². The molecule has 0 saturated heterocycles. The maximum absolute atomic E-state index is 11.5. The fourth-order valence-corrected chi connectivity index (χ4v) is 4.41. The number of sulfonamides is 1. The van der Waals surface area contributed by atoms with Crippen LogP contribution in [-0.2, 0) is 10.0 Å². The number of hydrogen-bond acceptors (Lipinski definition) is 3. The van der Waals surface area contributed by atoms with Gasteiger partial charge in [0.1, 0.15) is 4.21 Å². The van der Waals surface area contributed by atoms with Gasteiger partial charge in [0.25, 0.3) is 0 Å². The lowest BCUT2D eigenvalue weighted by Gasteiger charge is -2.00. The molecular formula is C6H7BrINO2S2. The molecule has 7 heteroatoms. The van der Waals surface area contributed by atoms with E-state index in [9.17, 15) is 8.42 Å². The third-order valence-electron chi connectivity index (χ3n) is 1.20. The van der Waals surface area contributed by atoms with Crippen molar-refractivity contribution in [2.75, 3.05) is 11.0 Å². The summed E-state index contributed by atoms with van der Waals surface area (Å²) in [6, 6.07) is 3.31. The minimum Gasteiger partial charge on any atom is -0.210 e. The molecule has 1 heterocycles. The minimum atomic E-state index is -3.27. The van der Waals surface area contributed by atoms with Gasteiger partial charge in [-0.15, -0.1) is 11.3 Å². The van der Waals surface area contributed by atoms with Gasteiger partial charge >= 0.3 is 0 Å². The fourth-order valence-electron chi connectivity index (χ4n) is 0.686. The predicted molar refractivity (Wildman–Crippen MR) is 66.1 cm³/mol. The molecule has 0 aliphatic heterocycles. The third-order valence-corrected chi connectivity index (χ3v) is 5.32. The van der Waals surface area contributed by atoms with Gasteiger partial charge in [-0.05, 0) is 28.1 Å². The van der Waals surface area contributed by atoms with Gasteiger partial charge in [0.2, 0.25) is 10.0 Å². The molecule has 1 rings (SSSR count). The molecule has 3 nitrogen and oxygen atoms in total. The van der Waals surface area contributed by atoms with Crippen LogP contribution in [0.3, 0.4) is 0 Å². The average Bonchev–Trinajstić information content (AvgIpc) is 2.49. The first-order valence-electron chi connectivity index (χ1n) is 3.37. The smallest absolute Gasteiger partial charge is 0.210 e. The van der Waals surface area contributed by atoms with Crippen molar-refractivity contribution in [3.63, 3.8) is 0 Å². The van der Waals surface area contributed by atoms with Crippen molar-refractivity contribution in [1.29, 1.82) is 0 Å². The molecule has 0 fully saturated rings. The van der Waals surface area contributed by atoms with E-state index in [0.717, 1.165) is 8.21 Å². The molecule has 13 heavy (non-hydrogen) atoms. The summed E-state index contributed by atoms with van der Waals surface area (Å²) in [6.45, 7) is 0.471. The van der Waals surface area contributed by atoms with Crippen molar-refractivity contribution in [3.8, 4) is 0 Å². The Morgan fingerprint density at radius 2 is 2.23 bits per heavy atom. The number of nitrogens with one attached hydrogen (secondary N) is 1. The normalized spacial score (nSPS) is 11.8. The zero-order valence-electron chi connectivity index (χ0n) is 6.46. The molecule has 0 spiro atoms. The quantitative estimate of drug-likeness (QED) is 0.627. The van der Waals surface area contributed by atoms with Crippen LogP contribution in [0.25, 0.3) is 0 Å². The average molecular weight is 396 g/mol. The summed E-state index contributed by atoms with van der Waals surface area (Å²) in [5.41, 5.74) is 0. The topological polar surface area (TPSA) is 46.2 Å². The Balaban J connectivity index is 2.82. The van der Waals surface area contributed by atoms with Gasteiger partial charge in [0, 0.05) is 11.0 Å². The molecule has 0 amide bonds. The zero-order valence-corrected chi connectivity index (χ0v) is 11.8. The highest BCUT2D eigenvalue weighted by Crippen LogP contribution is 2.25. The SMILES string of the molecule is O=S(=O)(NCCI)c1ccc(Br)s1. The van der Waals surface area contributed by atoms with Gasteiger partial charge in [-0.25, -0.2) is 13.1 Å². The first kappa shape index (κ1) is 11.9. The fraction of sp³-hybridized carbons (Fsp3) is 0.333. The molecule has 0 unspecified atom stereocenters. The highest BCUT2D eigenvalue weighted by atomic mass is 127. The largest absolute Gasteiger partial charge is 0.250 e. The molecule has 74 valence electrons. The Kier molecular flexibility index (Phi) is 4.63. The molecule has 1 aromatic rings. The van der Waals surface area contributed by atoms with E-state index in [1.54, 1.807) is 12.1 Å². The maximum Gasteiger partial charge on any atom is 0.250 e. The van der Waals surface area contributed by atoms with Crippen LogP contribution in [-0.4, -0.2) is 19.4 Å². The standard InChI is InChI=1S/C6H7BrINO2S2/c7-5-1-2-6(12-5)13(10,11)9-4-3-8/h1-2,9H,3-4H2. The van der Waals surface area contributed by atoms with Crippen LogP contribution in [0.5, 0.6) is 0 Å². The number of rotatable bonds is 4. The molecule has 1 aromatic heterocycles. The summed E-state index contributed by atoms with van der Waals surface area (Å²) in [4.78, 5) is 0. The lowest BCUT2D eigenvalue weighted by molar-refractivity contribution is 0.586. The summed E-state index contributed by atoms with van der Waals surface area (Å²) >= 11 is 6.55. The molecule has 0 aromatic carbocycles. The van der Waals surface area contributed by atoms with Crippen LogP contribution in [0, 0.1) is 0 Å². The van der Waals surface area contributed by atoms with Crippen molar-refractivity contribution in [2.45, 2.75) is 4.21 Å². The summed E-state index contributed by atoms with van der Waals surface area (Å²) in [6.07, 6.45) is 0. The lowest BCUT2D eigenvalue weighted by Crippen LogP contribution is -2.24. The van der Waals surface area contributed by atoms with Gasteiger partial charge in [0.15, 0.2) is 0 Å². The number of halogens is 2. The van der Waals surface area contributed by atoms with Crippen LogP contribution >= 0.6 is 49.9 Å². The van der Waals surface area contributed by atoms with Crippen LogP contribution in [0.2, 0.25) is 0 Å². The van der Waals surface area contributed by atoms with Crippen molar-refractivity contribution in [3.05, 3.63) is 15.9 Å². The van der Waals surface area contributed by atoms with Gasteiger partial charge < -0.3 is 0 Å². The summed E-state index contributed by atoms with van der Waals surface area (Å²) in [5.74, 6) is 0. The highest BCUT2D eigenvalue weighted by Gasteiger charge is 2.14. The van der Waals surface area contributed by atoms with E-state index < -0.39 is 10.0 Å². The zero-order chi connectivity index (χ0) is 9.90. The Bertz CT molecular complexity index is 376.